The van der Waals surface area contributed by atoms with Crippen molar-refractivity contribution in [2.45, 2.75) is 12.5 Å². The van der Waals surface area contributed by atoms with Gasteiger partial charge >= 0.3 is 0 Å². The molecule has 0 aromatic heterocycles. The highest BCUT2D eigenvalue weighted by Crippen LogP contribution is 2.12. The molecule has 15 heavy (non-hydrogen) atoms. The average molecular weight is 208 g/mol. The first-order valence-corrected chi connectivity index (χ1v) is 5.21. The summed E-state index contributed by atoms with van der Waals surface area (Å²) in [6.07, 6.45) is 1.30. The maximum atomic E-state index is 5.46. The topological polar surface area (TPSA) is 31.0 Å². The Morgan fingerprint density at radius 1 is 1.33 bits per heavy atom. The van der Waals surface area contributed by atoms with Gasteiger partial charge < -0.3 is 14.2 Å². The molecule has 0 N–H and O–H groups in total. The standard InChI is InChI=1S/C12H16O3/c1-13-11-4-2-10(3-5-11)6-7-14-8-12-9-15-12/h2-5,12H,6-9H2,1H3. The van der Waals surface area contributed by atoms with E-state index in [0.29, 0.717) is 6.10 Å². The molecule has 0 aliphatic carbocycles. The van der Waals surface area contributed by atoms with E-state index in [4.69, 9.17) is 14.2 Å². The monoisotopic (exact) mass is 208 g/mol. The third-order valence-electron chi connectivity index (χ3n) is 2.40. The van der Waals surface area contributed by atoms with Crippen LogP contribution >= 0.6 is 0 Å². The average Bonchev–Trinajstić information content (AvgIpc) is 3.09. The van der Waals surface area contributed by atoms with Crippen molar-refractivity contribution >= 4 is 0 Å². The Labute approximate surface area is 90.0 Å². The summed E-state index contributed by atoms with van der Waals surface area (Å²) >= 11 is 0. The summed E-state index contributed by atoms with van der Waals surface area (Å²) in [4.78, 5) is 0. The van der Waals surface area contributed by atoms with Crippen LogP contribution in [-0.4, -0.2) is 33.0 Å². The van der Waals surface area contributed by atoms with Gasteiger partial charge in [0, 0.05) is 0 Å². The summed E-state index contributed by atoms with van der Waals surface area (Å²) in [7, 11) is 1.67. The van der Waals surface area contributed by atoms with Gasteiger partial charge in [-0.3, -0.25) is 0 Å². The Morgan fingerprint density at radius 2 is 2.07 bits per heavy atom. The van der Waals surface area contributed by atoms with Gasteiger partial charge in [0.05, 0.1) is 26.9 Å². The minimum Gasteiger partial charge on any atom is -0.497 e. The second-order valence-electron chi connectivity index (χ2n) is 3.63. The van der Waals surface area contributed by atoms with Crippen molar-refractivity contribution in [1.29, 1.82) is 0 Å². The fraction of sp³-hybridized carbons (Fsp3) is 0.500. The number of hydrogen-bond donors (Lipinski definition) is 0. The van der Waals surface area contributed by atoms with Crippen molar-refractivity contribution in [3.8, 4) is 5.75 Å². The molecule has 1 heterocycles. The minimum atomic E-state index is 0.362. The van der Waals surface area contributed by atoms with E-state index in [-0.39, 0.29) is 0 Å². The summed E-state index contributed by atoms with van der Waals surface area (Å²) in [5, 5.41) is 0. The van der Waals surface area contributed by atoms with Crippen molar-refractivity contribution in [1.82, 2.24) is 0 Å². The molecule has 2 rings (SSSR count). The second-order valence-corrected chi connectivity index (χ2v) is 3.63. The molecule has 3 nitrogen and oxygen atoms in total. The lowest BCUT2D eigenvalue weighted by atomic mass is 10.1. The summed E-state index contributed by atoms with van der Waals surface area (Å²) in [5.74, 6) is 0.894. The van der Waals surface area contributed by atoms with Crippen molar-refractivity contribution in [3.63, 3.8) is 0 Å². The van der Waals surface area contributed by atoms with Crippen LogP contribution in [0.25, 0.3) is 0 Å². The zero-order valence-corrected chi connectivity index (χ0v) is 8.94. The van der Waals surface area contributed by atoms with Crippen molar-refractivity contribution < 1.29 is 14.2 Å². The van der Waals surface area contributed by atoms with Gasteiger partial charge in [0.15, 0.2) is 0 Å². The van der Waals surface area contributed by atoms with Gasteiger partial charge in [0.2, 0.25) is 0 Å². The van der Waals surface area contributed by atoms with Crippen molar-refractivity contribution in [3.05, 3.63) is 29.8 Å². The van der Waals surface area contributed by atoms with E-state index in [1.54, 1.807) is 7.11 Å². The number of benzene rings is 1. The van der Waals surface area contributed by atoms with Crippen LogP contribution in [0.3, 0.4) is 0 Å². The molecular formula is C12H16O3. The molecule has 0 saturated carbocycles. The first kappa shape index (κ1) is 10.5. The highest BCUT2D eigenvalue weighted by molar-refractivity contribution is 5.27. The molecule has 1 fully saturated rings. The number of hydrogen-bond acceptors (Lipinski definition) is 3. The van der Waals surface area contributed by atoms with Crippen molar-refractivity contribution in [2.24, 2.45) is 0 Å². The first-order valence-electron chi connectivity index (χ1n) is 5.21. The van der Waals surface area contributed by atoms with Crippen LogP contribution in [0, 0.1) is 0 Å². The van der Waals surface area contributed by atoms with E-state index in [2.05, 4.69) is 12.1 Å². The van der Waals surface area contributed by atoms with Gasteiger partial charge in [0.25, 0.3) is 0 Å². The quantitative estimate of drug-likeness (QED) is 0.526. The molecule has 1 unspecified atom stereocenters. The Bertz CT molecular complexity index is 290. The third kappa shape index (κ3) is 3.53. The number of epoxide rings is 1. The molecule has 1 aliphatic heterocycles. The summed E-state index contributed by atoms with van der Waals surface area (Å²) < 4.78 is 15.6. The lowest BCUT2D eigenvalue weighted by molar-refractivity contribution is 0.119. The van der Waals surface area contributed by atoms with E-state index in [1.807, 2.05) is 12.1 Å². The molecule has 0 radical (unpaired) electrons. The molecule has 0 amide bonds. The largest absolute Gasteiger partial charge is 0.497 e. The van der Waals surface area contributed by atoms with Gasteiger partial charge in [-0.05, 0) is 24.1 Å². The molecule has 1 aromatic carbocycles. The van der Waals surface area contributed by atoms with Gasteiger partial charge in [-0.2, -0.15) is 0 Å². The van der Waals surface area contributed by atoms with Crippen molar-refractivity contribution in [2.75, 3.05) is 26.9 Å². The number of rotatable bonds is 6. The molecule has 82 valence electrons. The second kappa shape index (κ2) is 5.14. The smallest absolute Gasteiger partial charge is 0.118 e. The SMILES string of the molecule is COc1ccc(CCOCC2CO2)cc1. The number of ether oxygens (including phenoxy) is 3. The fourth-order valence-electron chi connectivity index (χ4n) is 1.36. The summed E-state index contributed by atoms with van der Waals surface area (Å²) in [5.41, 5.74) is 1.27. The maximum absolute atomic E-state index is 5.46. The molecule has 0 bridgehead atoms. The predicted octanol–water partition coefficient (Wildman–Crippen LogP) is 1.65. The van der Waals surface area contributed by atoms with Crippen LogP contribution in [0.5, 0.6) is 5.75 Å². The van der Waals surface area contributed by atoms with E-state index < -0.39 is 0 Å². The van der Waals surface area contributed by atoms with E-state index in [0.717, 1.165) is 32.0 Å². The Kier molecular flexibility index (Phi) is 3.59. The van der Waals surface area contributed by atoms with E-state index in [1.165, 1.54) is 5.56 Å². The van der Waals surface area contributed by atoms with Crippen LogP contribution in [0.2, 0.25) is 0 Å². The van der Waals surface area contributed by atoms with Crippen LogP contribution in [0.15, 0.2) is 24.3 Å². The van der Waals surface area contributed by atoms with Gasteiger partial charge in [-0.1, -0.05) is 12.1 Å². The third-order valence-corrected chi connectivity index (χ3v) is 2.40. The van der Waals surface area contributed by atoms with Gasteiger partial charge in [0.1, 0.15) is 11.9 Å². The van der Waals surface area contributed by atoms with Gasteiger partial charge in [-0.25, -0.2) is 0 Å². The Balaban J connectivity index is 1.67. The van der Waals surface area contributed by atoms with E-state index in [9.17, 15) is 0 Å². The zero-order valence-electron chi connectivity index (χ0n) is 8.94. The Morgan fingerprint density at radius 3 is 2.67 bits per heavy atom. The van der Waals surface area contributed by atoms with Crippen LogP contribution in [-0.2, 0) is 15.9 Å². The molecule has 1 aromatic rings. The van der Waals surface area contributed by atoms with Crippen LogP contribution in [0.4, 0.5) is 0 Å². The summed E-state index contributed by atoms with van der Waals surface area (Å²) in [6, 6.07) is 8.07. The lowest BCUT2D eigenvalue weighted by Crippen LogP contribution is -2.04. The summed E-state index contributed by atoms with van der Waals surface area (Å²) in [6.45, 7) is 2.35. The highest BCUT2D eigenvalue weighted by atomic mass is 16.6. The predicted molar refractivity (Wildman–Crippen MR) is 57.3 cm³/mol. The van der Waals surface area contributed by atoms with Crippen LogP contribution in [0.1, 0.15) is 5.56 Å². The first-order chi connectivity index (χ1) is 7.38. The van der Waals surface area contributed by atoms with Crippen LogP contribution < -0.4 is 4.74 Å². The molecule has 3 heteroatoms. The Hall–Kier alpha value is -1.06. The van der Waals surface area contributed by atoms with Gasteiger partial charge in [-0.15, -0.1) is 0 Å². The maximum Gasteiger partial charge on any atom is 0.118 e. The molecule has 1 atom stereocenters. The molecular weight excluding hydrogens is 192 g/mol. The zero-order chi connectivity index (χ0) is 10.5. The lowest BCUT2D eigenvalue weighted by Gasteiger charge is -2.04. The molecule has 1 aliphatic rings. The van der Waals surface area contributed by atoms with E-state index >= 15 is 0 Å². The highest BCUT2D eigenvalue weighted by Gasteiger charge is 2.21. The minimum absolute atomic E-state index is 0.362. The molecule has 1 saturated heterocycles. The number of methoxy groups -OCH3 is 1. The normalized spacial score (nSPS) is 18.9. The molecule has 0 spiro atoms. The fourth-order valence-corrected chi connectivity index (χ4v) is 1.36.